The molecule has 1 saturated heterocycles. The summed E-state index contributed by atoms with van der Waals surface area (Å²) < 4.78 is 10.6. The van der Waals surface area contributed by atoms with Gasteiger partial charge in [0, 0.05) is 13.0 Å². The molecule has 0 amide bonds. The van der Waals surface area contributed by atoms with Gasteiger partial charge < -0.3 is 15.2 Å². The van der Waals surface area contributed by atoms with E-state index in [1.165, 1.54) is 26.4 Å². The number of carbonyl (C=O) groups excluding carboxylic acids is 1. The van der Waals surface area contributed by atoms with Crippen LogP contribution < -0.4 is 10.5 Å². The van der Waals surface area contributed by atoms with Crippen LogP contribution >= 0.6 is 0 Å². The molecule has 1 aliphatic rings. The van der Waals surface area contributed by atoms with E-state index in [0.29, 0.717) is 13.0 Å². The Balaban J connectivity index is 1.86. The van der Waals surface area contributed by atoms with E-state index >= 15 is 0 Å². The van der Waals surface area contributed by atoms with Crippen molar-refractivity contribution in [3.05, 3.63) is 29.8 Å². The third kappa shape index (κ3) is 5.00. The Morgan fingerprint density at radius 1 is 1.27 bits per heavy atom. The fraction of sp³-hybridized carbons (Fsp3) is 0.588. The average molecular weight is 306 g/mol. The molecule has 122 valence electrons. The van der Waals surface area contributed by atoms with E-state index in [1.54, 1.807) is 0 Å². The van der Waals surface area contributed by atoms with Gasteiger partial charge in [-0.15, -0.1) is 0 Å². The number of carbonyl (C=O) groups is 1. The number of nitrogens with two attached hydrogens (primary N) is 1. The molecule has 0 aliphatic carbocycles. The van der Waals surface area contributed by atoms with Gasteiger partial charge >= 0.3 is 5.97 Å². The topological polar surface area (TPSA) is 64.8 Å². The average Bonchev–Trinajstić information content (AvgIpc) is 2.56. The first kappa shape index (κ1) is 16.8. The molecule has 1 heterocycles. The van der Waals surface area contributed by atoms with Gasteiger partial charge in [-0.25, -0.2) is 0 Å². The maximum atomic E-state index is 11.5. The van der Waals surface area contributed by atoms with Crippen molar-refractivity contribution in [3.8, 4) is 5.75 Å². The predicted octanol–water partition coefficient (Wildman–Crippen LogP) is 1.59. The number of hydrogen-bond acceptors (Lipinski definition) is 5. The zero-order chi connectivity index (χ0) is 15.8. The van der Waals surface area contributed by atoms with E-state index < -0.39 is 12.0 Å². The molecule has 1 aromatic rings. The second-order valence-corrected chi connectivity index (χ2v) is 5.69. The van der Waals surface area contributed by atoms with E-state index in [9.17, 15) is 4.79 Å². The smallest absolute Gasteiger partial charge is 0.322 e. The molecule has 1 fully saturated rings. The van der Waals surface area contributed by atoms with Crippen LogP contribution in [0.4, 0.5) is 0 Å². The first-order valence-electron chi connectivity index (χ1n) is 7.97. The van der Waals surface area contributed by atoms with Crippen molar-refractivity contribution in [2.24, 2.45) is 5.73 Å². The minimum Gasteiger partial charge on any atom is -0.492 e. The fourth-order valence-corrected chi connectivity index (χ4v) is 2.75. The maximum Gasteiger partial charge on any atom is 0.322 e. The lowest BCUT2D eigenvalue weighted by molar-refractivity contribution is -0.142. The maximum absolute atomic E-state index is 11.5. The normalized spacial score (nSPS) is 17.0. The van der Waals surface area contributed by atoms with Crippen molar-refractivity contribution in [2.45, 2.75) is 31.7 Å². The first-order chi connectivity index (χ1) is 10.7. The van der Waals surface area contributed by atoms with Gasteiger partial charge in [0.15, 0.2) is 0 Å². The fourth-order valence-electron chi connectivity index (χ4n) is 2.75. The van der Waals surface area contributed by atoms with Crippen LogP contribution in [0.15, 0.2) is 24.3 Å². The number of nitrogens with zero attached hydrogens (tertiary/aromatic N) is 1. The number of rotatable bonds is 7. The van der Waals surface area contributed by atoms with Gasteiger partial charge in [0.1, 0.15) is 18.4 Å². The largest absolute Gasteiger partial charge is 0.492 e. The number of hydrogen-bond donors (Lipinski definition) is 1. The highest BCUT2D eigenvalue weighted by molar-refractivity contribution is 5.75. The molecule has 2 rings (SSSR count). The number of piperidine rings is 1. The lowest BCUT2D eigenvalue weighted by Gasteiger charge is -2.26. The number of esters is 1. The van der Waals surface area contributed by atoms with Crippen molar-refractivity contribution in [1.82, 2.24) is 4.90 Å². The summed E-state index contributed by atoms with van der Waals surface area (Å²) in [6, 6.07) is 7.08. The van der Waals surface area contributed by atoms with Crippen LogP contribution in [0.1, 0.15) is 24.8 Å². The quantitative estimate of drug-likeness (QED) is 0.775. The van der Waals surface area contributed by atoms with Crippen LogP contribution in [0, 0.1) is 0 Å². The van der Waals surface area contributed by atoms with Gasteiger partial charge in [-0.3, -0.25) is 9.69 Å². The second kappa shape index (κ2) is 8.76. The molecule has 2 N–H and O–H groups in total. The van der Waals surface area contributed by atoms with Crippen LogP contribution in [-0.2, 0) is 16.0 Å². The molecule has 22 heavy (non-hydrogen) atoms. The van der Waals surface area contributed by atoms with E-state index in [-0.39, 0.29) is 0 Å². The summed E-state index contributed by atoms with van der Waals surface area (Å²) in [5.74, 6) is 0.405. The zero-order valence-electron chi connectivity index (χ0n) is 13.3. The van der Waals surface area contributed by atoms with Gasteiger partial charge in [0.25, 0.3) is 0 Å². The minimum atomic E-state index is -0.656. The summed E-state index contributed by atoms with van der Waals surface area (Å²) in [6.07, 6.45) is 4.33. The van der Waals surface area contributed by atoms with E-state index in [4.69, 9.17) is 10.5 Å². The summed E-state index contributed by atoms with van der Waals surface area (Å²) in [6.45, 7) is 3.93. The van der Waals surface area contributed by atoms with Crippen LogP contribution in [0.2, 0.25) is 0 Å². The summed E-state index contributed by atoms with van der Waals surface area (Å²) in [4.78, 5) is 13.9. The van der Waals surface area contributed by atoms with E-state index in [2.05, 4.69) is 9.64 Å². The molecule has 0 radical (unpaired) electrons. The van der Waals surface area contributed by atoms with Crippen LogP contribution in [-0.4, -0.2) is 50.3 Å². The highest BCUT2D eigenvalue weighted by Gasteiger charge is 2.17. The SMILES string of the molecule is COC(=O)C(N)Cc1ccccc1OCCN1CCCCC1. The van der Waals surface area contributed by atoms with Crippen molar-refractivity contribution in [2.75, 3.05) is 33.4 Å². The molecule has 1 aromatic carbocycles. The molecule has 0 bridgehead atoms. The monoisotopic (exact) mass is 306 g/mol. The van der Waals surface area contributed by atoms with Gasteiger partial charge in [0.2, 0.25) is 0 Å². The summed E-state index contributed by atoms with van der Waals surface area (Å²) in [5, 5.41) is 0. The van der Waals surface area contributed by atoms with Crippen molar-refractivity contribution in [1.29, 1.82) is 0 Å². The Morgan fingerprint density at radius 2 is 2.00 bits per heavy atom. The number of ether oxygens (including phenoxy) is 2. The summed E-state index contributed by atoms with van der Waals surface area (Å²) >= 11 is 0. The molecular weight excluding hydrogens is 280 g/mol. The molecule has 5 nitrogen and oxygen atoms in total. The Kier molecular flexibility index (Phi) is 6.68. The Bertz CT molecular complexity index is 473. The van der Waals surface area contributed by atoms with Gasteiger partial charge in [-0.1, -0.05) is 24.6 Å². The second-order valence-electron chi connectivity index (χ2n) is 5.69. The van der Waals surface area contributed by atoms with Gasteiger partial charge in [-0.2, -0.15) is 0 Å². The Hall–Kier alpha value is -1.59. The molecule has 1 unspecified atom stereocenters. The summed E-state index contributed by atoms with van der Waals surface area (Å²) in [5.41, 5.74) is 6.78. The lowest BCUT2D eigenvalue weighted by Crippen LogP contribution is -2.34. The number of benzene rings is 1. The number of methoxy groups -OCH3 is 1. The van der Waals surface area contributed by atoms with E-state index in [0.717, 1.165) is 30.9 Å². The minimum absolute atomic E-state index is 0.400. The molecule has 5 heteroatoms. The van der Waals surface area contributed by atoms with Crippen LogP contribution in [0.5, 0.6) is 5.75 Å². The van der Waals surface area contributed by atoms with Crippen molar-refractivity contribution >= 4 is 5.97 Å². The molecule has 0 aromatic heterocycles. The first-order valence-corrected chi connectivity index (χ1v) is 7.97. The summed E-state index contributed by atoms with van der Waals surface area (Å²) in [7, 11) is 1.35. The highest BCUT2D eigenvalue weighted by Crippen LogP contribution is 2.20. The third-order valence-electron chi connectivity index (χ3n) is 4.03. The molecule has 1 aliphatic heterocycles. The highest BCUT2D eigenvalue weighted by atomic mass is 16.5. The zero-order valence-corrected chi connectivity index (χ0v) is 13.3. The van der Waals surface area contributed by atoms with Crippen LogP contribution in [0.3, 0.4) is 0 Å². The molecular formula is C17H26N2O3. The third-order valence-corrected chi connectivity index (χ3v) is 4.03. The Morgan fingerprint density at radius 3 is 2.73 bits per heavy atom. The molecule has 0 saturated carbocycles. The Labute approximate surface area is 132 Å². The molecule has 1 atom stereocenters. The van der Waals surface area contributed by atoms with Gasteiger partial charge in [-0.05, 0) is 37.6 Å². The van der Waals surface area contributed by atoms with Crippen molar-refractivity contribution in [3.63, 3.8) is 0 Å². The predicted molar refractivity (Wildman–Crippen MR) is 85.9 cm³/mol. The van der Waals surface area contributed by atoms with E-state index in [1.807, 2.05) is 24.3 Å². The van der Waals surface area contributed by atoms with Crippen molar-refractivity contribution < 1.29 is 14.3 Å². The van der Waals surface area contributed by atoms with Gasteiger partial charge in [0.05, 0.1) is 7.11 Å². The van der Waals surface area contributed by atoms with Crippen LogP contribution in [0.25, 0.3) is 0 Å². The molecule has 0 spiro atoms. The standard InChI is InChI=1S/C17H26N2O3/c1-21-17(20)15(18)13-14-7-3-4-8-16(14)22-12-11-19-9-5-2-6-10-19/h3-4,7-8,15H,2,5-6,9-13,18H2,1H3. The number of likely N-dealkylation sites (tertiary alicyclic amines) is 1. The lowest BCUT2D eigenvalue weighted by atomic mass is 10.1. The number of para-hydroxylation sites is 1.